The number of aliphatic imine (C=N–C) groups is 1. The highest BCUT2D eigenvalue weighted by Gasteiger charge is 2.40. The molecule has 6 nitrogen and oxygen atoms in total. The predicted molar refractivity (Wildman–Crippen MR) is 110 cm³/mol. The Morgan fingerprint density at radius 2 is 1.92 bits per heavy atom. The van der Waals surface area contributed by atoms with Gasteiger partial charge in [0.05, 0.1) is 0 Å². The number of carbonyl (C=O) groups is 1. The summed E-state index contributed by atoms with van der Waals surface area (Å²) in [7, 11) is 3.57. The van der Waals surface area contributed by atoms with E-state index in [1.807, 2.05) is 0 Å². The van der Waals surface area contributed by atoms with Crippen molar-refractivity contribution < 1.29 is 9.53 Å². The van der Waals surface area contributed by atoms with Gasteiger partial charge in [-0.2, -0.15) is 0 Å². The lowest BCUT2D eigenvalue weighted by molar-refractivity contribution is -0.127. The zero-order valence-electron chi connectivity index (χ0n) is 15.6. The molecule has 144 valence electrons. The van der Waals surface area contributed by atoms with Crippen molar-refractivity contribution >= 4 is 35.8 Å². The van der Waals surface area contributed by atoms with Crippen LogP contribution >= 0.6 is 24.0 Å². The van der Waals surface area contributed by atoms with Gasteiger partial charge in [-0.25, -0.2) is 4.99 Å². The quantitative estimate of drug-likeness (QED) is 0.395. The first-order valence-corrected chi connectivity index (χ1v) is 9.42. The fourth-order valence-electron chi connectivity index (χ4n) is 4.10. The molecule has 0 aromatic rings. The lowest BCUT2D eigenvalue weighted by Crippen LogP contribution is -2.46. The van der Waals surface area contributed by atoms with E-state index < -0.39 is 0 Å². The van der Waals surface area contributed by atoms with Gasteiger partial charge in [0.2, 0.25) is 5.91 Å². The molecular formula is C18H33IN4O2. The number of hydrogen-bond donors (Lipinski definition) is 1. The molecule has 3 rings (SSSR count). The van der Waals surface area contributed by atoms with Gasteiger partial charge in [0, 0.05) is 46.4 Å². The molecule has 25 heavy (non-hydrogen) atoms. The molecule has 7 heteroatoms. The van der Waals surface area contributed by atoms with Gasteiger partial charge in [0.25, 0.3) is 0 Å². The lowest BCUT2D eigenvalue weighted by atomic mass is 9.80. The summed E-state index contributed by atoms with van der Waals surface area (Å²) < 4.78 is 5.55. The fourth-order valence-corrected chi connectivity index (χ4v) is 4.10. The zero-order valence-corrected chi connectivity index (χ0v) is 18.0. The Morgan fingerprint density at radius 1 is 1.24 bits per heavy atom. The Morgan fingerprint density at radius 3 is 2.56 bits per heavy atom. The summed E-state index contributed by atoms with van der Waals surface area (Å²) in [6, 6.07) is 0.518. The van der Waals surface area contributed by atoms with E-state index in [-0.39, 0.29) is 36.4 Å². The van der Waals surface area contributed by atoms with Crippen molar-refractivity contribution in [3.05, 3.63) is 0 Å². The molecular weight excluding hydrogens is 431 g/mol. The predicted octanol–water partition coefficient (Wildman–Crippen LogP) is 2.08. The van der Waals surface area contributed by atoms with Gasteiger partial charge in [-0.3, -0.25) is 4.79 Å². The minimum Gasteiger partial charge on any atom is -0.381 e. The fraction of sp³-hybridized carbons (Fsp3) is 0.889. The van der Waals surface area contributed by atoms with Crippen molar-refractivity contribution in [2.45, 2.75) is 51.0 Å². The molecule has 0 radical (unpaired) electrons. The number of amides is 1. The second-order valence-electron chi connectivity index (χ2n) is 7.84. The van der Waals surface area contributed by atoms with Crippen LogP contribution in [0.2, 0.25) is 0 Å². The molecule has 0 bridgehead atoms. The number of nitrogens with one attached hydrogen (secondary N) is 1. The van der Waals surface area contributed by atoms with Crippen LogP contribution in [0.25, 0.3) is 0 Å². The van der Waals surface area contributed by atoms with E-state index in [9.17, 15) is 4.79 Å². The Kier molecular flexibility index (Phi) is 7.79. The second-order valence-corrected chi connectivity index (χ2v) is 7.84. The van der Waals surface area contributed by atoms with Crippen molar-refractivity contribution in [3.63, 3.8) is 0 Å². The number of guanidine groups is 1. The molecule has 1 aliphatic carbocycles. The van der Waals surface area contributed by atoms with E-state index in [4.69, 9.17) is 4.74 Å². The topological polar surface area (TPSA) is 57.2 Å². The average molecular weight is 464 g/mol. The van der Waals surface area contributed by atoms with Gasteiger partial charge in [-0.15, -0.1) is 24.0 Å². The van der Waals surface area contributed by atoms with Crippen molar-refractivity contribution in [2.24, 2.45) is 10.4 Å². The van der Waals surface area contributed by atoms with E-state index >= 15 is 0 Å². The summed E-state index contributed by atoms with van der Waals surface area (Å²) in [4.78, 5) is 20.6. The number of halogens is 1. The SMILES string of the molecule is CN(C)C(=O)CN=C(NC1CCCC1)N1CCC2(CCOCC2)C1.I. The molecule has 1 amide bonds. The molecule has 2 aliphatic heterocycles. The van der Waals surface area contributed by atoms with E-state index in [1.54, 1.807) is 19.0 Å². The van der Waals surface area contributed by atoms with Crippen LogP contribution in [0.1, 0.15) is 44.9 Å². The van der Waals surface area contributed by atoms with Crippen LogP contribution in [0.4, 0.5) is 0 Å². The standard InChI is InChI=1S/C18H32N4O2.HI/c1-21(2)16(23)13-19-17(20-15-5-3-4-6-15)22-10-7-18(14-22)8-11-24-12-9-18;/h15H,3-14H2,1-2H3,(H,19,20);1H. The van der Waals surface area contributed by atoms with Crippen LogP contribution < -0.4 is 5.32 Å². The molecule has 2 heterocycles. The highest BCUT2D eigenvalue weighted by molar-refractivity contribution is 14.0. The first-order chi connectivity index (χ1) is 11.6. The van der Waals surface area contributed by atoms with Crippen LogP contribution in [0.15, 0.2) is 4.99 Å². The van der Waals surface area contributed by atoms with Gasteiger partial charge in [0.15, 0.2) is 5.96 Å². The third-order valence-electron chi connectivity index (χ3n) is 5.84. The summed E-state index contributed by atoms with van der Waals surface area (Å²) in [6.45, 7) is 4.08. The summed E-state index contributed by atoms with van der Waals surface area (Å²) in [6.07, 6.45) is 8.53. The number of hydrogen-bond acceptors (Lipinski definition) is 3. The van der Waals surface area contributed by atoms with Gasteiger partial charge >= 0.3 is 0 Å². The average Bonchev–Trinajstić information content (AvgIpc) is 3.22. The first-order valence-electron chi connectivity index (χ1n) is 9.42. The third-order valence-corrected chi connectivity index (χ3v) is 5.84. The maximum absolute atomic E-state index is 12.0. The lowest BCUT2D eigenvalue weighted by Gasteiger charge is -2.34. The Labute approximate surface area is 168 Å². The molecule has 0 unspecified atom stereocenters. The van der Waals surface area contributed by atoms with Crippen molar-refractivity contribution in [3.8, 4) is 0 Å². The maximum Gasteiger partial charge on any atom is 0.243 e. The molecule has 0 aromatic carbocycles. The largest absolute Gasteiger partial charge is 0.381 e. The number of likely N-dealkylation sites (tertiary alicyclic amines) is 1. The van der Waals surface area contributed by atoms with Gasteiger partial charge < -0.3 is 19.9 Å². The van der Waals surface area contributed by atoms with E-state index in [1.165, 1.54) is 32.1 Å². The highest BCUT2D eigenvalue weighted by Crippen LogP contribution is 2.39. The van der Waals surface area contributed by atoms with E-state index in [2.05, 4.69) is 15.2 Å². The number of ether oxygens (including phenoxy) is 1. The summed E-state index contributed by atoms with van der Waals surface area (Å²) >= 11 is 0. The molecule has 1 spiro atoms. The zero-order chi connectivity index (χ0) is 17.0. The number of nitrogens with zero attached hydrogens (tertiary/aromatic N) is 3. The normalized spacial score (nSPS) is 23.6. The van der Waals surface area contributed by atoms with Crippen LogP contribution in [-0.2, 0) is 9.53 Å². The van der Waals surface area contributed by atoms with Crippen molar-refractivity contribution in [1.29, 1.82) is 0 Å². The summed E-state index contributed by atoms with van der Waals surface area (Å²) in [5.41, 5.74) is 0.391. The monoisotopic (exact) mass is 464 g/mol. The molecule has 1 saturated carbocycles. The minimum absolute atomic E-state index is 0. The first kappa shape index (κ1) is 20.7. The van der Waals surface area contributed by atoms with E-state index in [0.29, 0.717) is 11.5 Å². The highest BCUT2D eigenvalue weighted by atomic mass is 127. The van der Waals surface area contributed by atoms with Crippen molar-refractivity contribution in [2.75, 3.05) is 46.9 Å². The van der Waals surface area contributed by atoms with Crippen LogP contribution in [-0.4, -0.2) is 74.7 Å². The van der Waals surface area contributed by atoms with Gasteiger partial charge in [-0.1, -0.05) is 12.8 Å². The molecule has 0 aromatic heterocycles. The van der Waals surface area contributed by atoms with Gasteiger partial charge in [0.1, 0.15) is 6.54 Å². The van der Waals surface area contributed by atoms with Crippen LogP contribution in [0, 0.1) is 5.41 Å². The second kappa shape index (κ2) is 9.39. The number of rotatable bonds is 3. The van der Waals surface area contributed by atoms with Gasteiger partial charge in [-0.05, 0) is 37.5 Å². The van der Waals surface area contributed by atoms with Crippen LogP contribution in [0.5, 0.6) is 0 Å². The van der Waals surface area contributed by atoms with Crippen molar-refractivity contribution in [1.82, 2.24) is 15.1 Å². The molecule has 0 atom stereocenters. The number of carbonyl (C=O) groups excluding carboxylic acids is 1. The third kappa shape index (κ3) is 5.45. The summed E-state index contributed by atoms with van der Waals surface area (Å²) in [5, 5.41) is 3.65. The smallest absolute Gasteiger partial charge is 0.243 e. The minimum atomic E-state index is 0. The molecule has 2 saturated heterocycles. The Hall–Kier alpha value is -0.570. The summed E-state index contributed by atoms with van der Waals surface area (Å²) in [5.74, 6) is 1.00. The maximum atomic E-state index is 12.0. The number of likely N-dealkylation sites (N-methyl/N-ethyl adjacent to an activating group) is 1. The van der Waals surface area contributed by atoms with Crippen LogP contribution in [0.3, 0.4) is 0 Å². The molecule has 1 N–H and O–H groups in total. The van der Waals surface area contributed by atoms with E-state index in [0.717, 1.165) is 45.1 Å². The molecule has 3 fully saturated rings. The Bertz CT molecular complexity index is 472. The Balaban J connectivity index is 0.00000225. The molecule has 3 aliphatic rings.